The Bertz CT molecular complexity index is 293. The van der Waals surface area contributed by atoms with Crippen molar-refractivity contribution in [3.8, 4) is 0 Å². The van der Waals surface area contributed by atoms with E-state index in [9.17, 15) is 4.79 Å². The van der Waals surface area contributed by atoms with E-state index in [0.717, 1.165) is 38.0 Å². The fraction of sp³-hybridized carbons (Fsp3) is 0.500. The van der Waals surface area contributed by atoms with Crippen molar-refractivity contribution in [2.75, 3.05) is 18.0 Å². The van der Waals surface area contributed by atoms with Crippen LogP contribution in [0.25, 0.3) is 0 Å². The predicted molar refractivity (Wildman–Crippen MR) is 53.0 cm³/mol. The molecule has 2 heterocycles. The van der Waals surface area contributed by atoms with E-state index in [1.165, 1.54) is 0 Å². The summed E-state index contributed by atoms with van der Waals surface area (Å²) >= 11 is 0. The van der Waals surface area contributed by atoms with Gasteiger partial charge in [0.15, 0.2) is 5.82 Å². The van der Waals surface area contributed by atoms with Gasteiger partial charge >= 0.3 is 0 Å². The zero-order chi connectivity index (χ0) is 9.80. The molecule has 0 saturated carbocycles. The predicted octanol–water partition coefficient (Wildman–Crippen LogP) is 0.892. The molecule has 0 aliphatic carbocycles. The van der Waals surface area contributed by atoms with Crippen LogP contribution < -0.4 is 4.90 Å². The molecule has 1 aromatic rings. The molecule has 0 bridgehead atoms. The van der Waals surface area contributed by atoms with E-state index in [4.69, 9.17) is 0 Å². The molecule has 4 heteroatoms. The van der Waals surface area contributed by atoms with Gasteiger partial charge in [0.25, 0.3) is 0 Å². The lowest BCUT2D eigenvalue weighted by atomic mass is 9.99. The van der Waals surface area contributed by atoms with Gasteiger partial charge in [-0.15, -0.1) is 5.10 Å². The zero-order valence-electron chi connectivity index (χ0n) is 7.97. The highest BCUT2D eigenvalue weighted by Crippen LogP contribution is 2.19. The molecule has 0 N–H and O–H groups in total. The first-order valence-corrected chi connectivity index (χ1v) is 4.88. The highest BCUT2D eigenvalue weighted by Gasteiger charge is 2.19. The minimum Gasteiger partial charge on any atom is -0.355 e. The average molecular weight is 191 g/mol. The Balaban J connectivity index is 1.99. The minimum absolute atomic E-state index is 0.239. The molecule has 0 radical (unpaired) electrons. The van der Waals surface area contributed by atoms with Crippen molar-refractivity contribution in [3.63, 3.8) is 0 Å². The number of hydrogen-bond donors (Lipinski definition) is 0. The van der Waals surface area contributed by atoms with Crippen molar-refractivity contribution < 1.29 is 4.79 Å². The quantitative estimate of drug-likeness (QED) is 0.651. The molecule has 0 spiro atoms. The number of rotatable bonds is 2. The summed E-state index contributed by atoms with van der Waals surface area (Å²) in [4.78, 5) is 12.7. The number of carbonyl (C=O) groups excluding carboxylic acids is 1. The third-order valence-electron chi connectivity index (χ3n) is 2.61. The van der Waals surface area contributed by atoms with Crippen molar-refractivity contribution in [2.45, 2.75) is 12.8 Å². The maximum Gasteiger partial charge on any atom is 0.151 e. The van der Waals surface area contributed by atoms with Gasteiger partial charge in [-0.3, -0.25) is 0 Å². The Morgan fingerprint density at radius 1 is 1.43 bits per heavy atom. The number of nitrogens with zero attached hydrogens (tertiary/aromatic N) is 3. The third kappa shape index (κ3) is 1.89. The Morgan fingerprint density at radius 2 is 2.21 bits per heavy atom. The lowest BCUT2D eigenvalue weighted by Gasteiger charge is -2.29. The molecule has 14 heavy (non-hydrogen) atoms. The highest BCUT2D eigenvalue weighted by atomic mass is 16.1. The molecule has 4 nitrogen and oxygen atoms in total. The van der Waals surface area contributed by atoms with Gasteiger partial charge in [-0.2, -0.15) is 5.10 Å². The molecule has 1 saturated heterocycles. The minimum atomic E-state index is 0.239. The smallest absolute Gasteiger partial charge is 0.151 e. The summed E-state index contributed by atoms with van der Waals surface area (Å²) in [5.74, 6) is 1.15. The first-order chi connectivity index (χ1) is 6.90. The van der Waals surface area contributed by atoms with E-state index < -0.39 is 0 Å². The normalized spacial score (nSPS) is 18.1. The molecule has 1 aromatic heterocycles. The van der Waals surface area contributed by atoms with Crippen LogP contribution >= 0.6 is 0 Å². The van der Waals surface area contributed by atoms with E-state index in [2.05, 4.69) is 15.1 Å². The van der Waals surface area contributed by atoms with Crippen molar-refractivity contribution in [2.24, 2.45) is 5.92 Å². The Hall–Kier alpha value is -1.45. The molecule has 0 unspecified atom stereocenters. The molecular formula is C10H13N3O. The summed E-state index contributed by atoms with van der Waals surface area (Å²) in [6.45, 7) is 1.81. The van der Waals surface area contributed by atoms with Gasteiger partial charge in [-0.1, -0.05) is 0 Å². The second-order valence-corrected chi connectivity index (χ2v) is 3.54. The first kappa shape index (κ1) is 9.12. The van der Waals surface area contributed by atoms with Crippen LogP contribution in [0.4, 0.5) is 5.82 Å². The lowest BCUT2D eigenvalue weighted by Crippen LogP contribution is -2.34. The van der Waals surface area contributed by atoms with Crippen LogP contribution in [-0.4, -0.2) is 29.6 Å². The fourth-order valence-electron chi connectivity index (χ4n) is 1.73. The van der Waals surface area contributed by atoms with Gasteiger partial charge in [0.1, 0.15) is 6.29 Å². The molecule has 0 amide bonds. The summed E-state index contributed by atoms with van der Waals surface area (Å²) < 4.78 is 0. The van der Waals surface area contributed by atoms with Crippen molar-refractivity contribution in [1.82, 2.24) is 10.2 Å². The standard InChI is InChI=1S/C10H13N3O/c14-8-9-3-6-13(7-4-9)10-2-1-5-11-12-10/h1-2,5,8-9H,3-4,6-7H2. The van der Waals surface area contributed by atoms with E-state index in [-0.39, 0.29) is 5.92 Å². The maximum atomic E-state index is 10.6. The summed E-state index contributed by atoms with van der Waals surface area (Å²) in [5.41, 5.74) is 0. The monoisotopic (exact) mass is 191 g/mol. The molecule has 1 fully saturated rings. The van der Waals surface area contributed by atoms with Gasteiger partial charge in [-0.05, 0) is 25.0 Å². The Kier molecular flexibility index (Phi) is 2.72. The van der Waals surface area contributed by atoms with Crippen LogP contribution in [0.3, 0.4) is 0 Å². The summed E-state index contributed by atoms with van der Waals surface area (Å²) in [6, 6.07) is 3.84. The lowest BCUT2D eigenvalue weighted by molar-refractivity contribution is -0.111. The Morgan fingerprint density at radius 3 is 2.79 bits per heavy atom. The first-order valence-electron chi connectivity index (χ1n) is 4.88. The van der Waals surface area contributed by atoms with Gasteiger partial charge < -0.3 is 9.69 Å². The number of aromatic nitrogens is 2. The van der Waals surface area contributed by atoms with Crippen LogP contribution in [0.5, 0.6) is 0 Å². The average Bonchev–Trinajstić information content (AvgIpc) is 2.30. The van der Waals surface area contributed by atoms with E-state index in [0.29, 0.717) is 0 Å². The van der Waals surface area contributed by atoms with Crippen molar-refractivity contribution in [3.05, 3.63) is 18.3 Å². The van der Waals surface area contributed by atoms with Gasteiger partial charge in [0.05, 0.1) is 0 Å². The summed E-state index contributed by atoms with van der Waals surface area (Å²) in [5, 5.41) is 7.88. The van der Waals surface area contributed by atoms with E-state index in [1.807, 2.05) is 12.1 Å². The van der Waals surface area contributed by atoms with Crippen LogP contribution in [0.1, 0.15) is 12.8 Å². The SMILES string of the molecule is O=CC1CCN(c2cccnn2)CC1. The zero-order valence-corrected chi connectivity index (χ0v) is 7.97. The van der Waals surface area contributed by atoms with Crippen LogP contribution in [0.2, 0.25) is 0 Å². The second kappa shape index (κ2) is 4.17. The number of hydrogen-bond acceptors (Lipinski definition) is 4. The van der Waals surface area contributed by atoms with Crippen LogP contribution in [-0.2, 0) is 4.79 Å². The van der Waals surface area contributed by atoms with Gasteiger partial charge in [0, 0.05) is 25.2 Å². The Labute approximate surface area is 82.9 Å². The molecule has 1 aliphatic heterocycles. The van der Waals surface area contributed by atoms with Gasteiger partial charge in [0.2, 0.25) is 0 Å². The van der Waals surface area contributed by atoms with E-state index in [1.54, 1.807) is 6.20 Å². The van der Waals surface area contributed by atoms with Crippen molar-refractivity contribution >= 4 is 12.1 Å². The highest BCUT2D eigenvalue weighted by molar-refractivity contribution is 5.54. The van der Waals surface area contributed by atoms with E-state index >= 15 is 0 Å². The molecule has 0 aromatic carbocycles. The summed E-state index contributed by atoms with van der Waals surface area (Å²) in [6.07, 6.45) is 4.59. The molecular weight excluding hydrogens is 178 g/mol. The molecule has 74 valence electrons. The molecule has 0 atom stereocenters. The number of aldehydes is 1. The molecule has 2 rings (SSSR count). The van der Waals surface area contributed by atoms with Gasteiger partial charge in [-0.25, -0.2) is 0 Å². The second-order valence-electron chi connectivity index (χ2n) is 3.54. The third-order valence-corrected chi connectivity index (χ3v) is 2.61. The molecule has 1 aliphatic rings. The topological polar surface area (TPSA) is 46.1 Å². The number of carbonyl (C=O) groups is 1. The number of piperidine rings is 1. The maximum absolute atomic E-state index is 10.6. The fourth-order valence-corrected chi connectivity index (χ4v) is 1.73. The van der Waals surface area contributed by atoms with Crippen LogP contribution in [0.15, 0.2) is 18.3 Å². The largest absolute Gasteiger partial charge is 0.355 e. The summed E-state index contributed by atoms with van der Waals surface area (Å²) in [7, 11) is 0. The van der Waals surface area contributed by atoms with Crippen LogP contribution in [0, 0.1) is 5.92 Å². The van der Waals surface area contributed by atoms with Crippen molar-refractivity contribution in [1.29, 1.82) is 0 Å². The number of anilines is 1.